The van der Waals surface area contributed by atoms with E-state index in [0.717, 1.165) is 25.0 Å². The van der Waals surface area contributed by atoms with Crippen LogP contribution in [0.1, 0.15) is 37.8 Å². The molecule has 0 aromatic heterocycles. The Labute approximate surface area is 146 Å². The number of nitrogens with two attached hydrogens (primary N) is 1. The molecule has 3 N–H and O–H groups in total. The van der Waals surface area contributed by atoms with Crippen molar-refractivity contribution in [3.8, 4) is 0 Å². The van der Waals surface area contributed by atoms with Crippen molar-refractivity contribution in [2.45, 2.75) is 38.3 Å². The molecule has 1 heterocycles. The zero-order valence-electron chi connectivity index (χ0n) is 13.4. The number of hydrogen-bond acceptors (Lipinski definition) is 3. The molecular weight excluding hydrogens is 340 g/mol. The number of rotatable bonds is 4. The van der Waals surface area contributed by atoms with E-state index in [1.807, 2.05) is 0 Å². The number of likely N-dealkylation sites (tertiary alicyclic amines) is 1. The molecule has 24 heavy (non-hydrogen) atoms. The normalized spacial score (nSPS) is 16.2. The summed E-state index contributed by atoms with van der Waals surface area (Å²) in [6.07, 6.45) is 1.38. The van der Waals surface area contributed by atoms with Crippen molar-refractivity contribution in [3.63, 3.8) is 0 Å². The molecule has 1 unspecified atom stereocenters. The maximum absolute atomic E-state index is 14.0. The number of nitrogens with one attached hydrogen (secondary N) is 1. The molecule has 8 heteroatoms. The molecule has 1 aliphatic rings. The molecule has 0 saturated carbocycles. The standard InChI is InChI=1S/C16H21F2N3O2.ClH/c1-10(22)20-15(13-3-2-11(17)8-14(13)18)9-16(23)21-6-4-12(19)5-7-21;/h2-3,8,12,15H,4-7,9,19H2,1H3,(H,20,22);1H. The molecule has 2 amide bonds. The molecule has 1 saturated heterocycles. The molecule has 0 radical (unpaired) electrons. The van der Waals surface area contributed by atoms with E-state index in [9.17, 15) is 18.4 Å². The lowest BCUT2D eigenvalue weighted by atomic mass is 10.0. The van der Waals surface area contributed by atoms with Crippen LogP contribution >= 0.6 is 12.4 Å². The first-order valence-electron chi connectivity index (χ1n) is 7.62. The molecule has 5 nitrogen and oxygen atoms in total. The lowest BCUT2D eigenvalue weighted by Gasteiger charge is -2.31. The Bertz CT molecular complexity index is 593. The minimum absolute atomic E-state index is 0. The Balaban J connectivity index is 0.00000288. The second-order valence-electron chi connectivity index (χ2n) is 5.84. The molecule has 1 atom stereocenters. The van der Waals surface area contributed by atoms with E-state index in [-0.39, 0.29) is 42.2 Å². The second kappa shape index (κ2) is 8.94. The van der Waals surface area contributed by atoms with Gasteiger partial charge in [0.25, 0.3) is 0 Å². The predicted octanol–water partition coefficient (Wildman–Crippen LogP) is 1.90. The van der Waals surface area contributed by atoms with Gasteiger partial charge in [0.05, 0.1) is 12.5 Å². The van der Waals surface area contributed by atoms with Gasteiger partial charge in [0.15, 0.2) is 0 Å². The number of nitrogens with zero attached hydrogens (tertiary/aromatic N) is 1. The SMILES string of the molecule is CC(=O)NC(CC(=O)N1CCC(N)CC1)c1ccc(F)cc1F.Cl. The Morgan fingerprint density at radius 2 is 1.96 bits per heavy atom. The van der Waals surface area contributed by atoms with Crippen molar-refractivity contribution in [1.82, 2.24) is 10.2 Å². The quantitative estimate of drug-likeness (QED) is 0.860. The first kappa shape index (κ1) is 20.3. The van der Waals surface area contributed by atoms with E-state index in [1.165, 1.54) is 13.0 Å². The highest BCUT2D eigenvalue weighted by molar-refractivity contribution is 5.85. The summed E-state index contributed by atoms with van der Waals surface area (Å²) in [7, 11) is 0. The van der Waals surface area contributed by atoms with Crippen LogP contribution in [0.3, 0.4) is 0 Å². The van der Waals surface area contributed by atoms with Gasteiger partial charge in [-0.2, -0.15) is 0 Å². The molecule has 1 aromatic rings. The van der Waals surface area contributed by atoms with Gasteiger partial charge < -0.3 is 16.0 Å². The minimum atomic E-state index is -0.823. The Morgan fingerprint density at radius 1 is 1.33 bits per heavy atom. The lowest BCUT2D eigenvalue weighted by Crippen LogP contribution is -2.44. The summed E-state index contributed by atoms with van der Waals surface area (Å²) < 4.78 is 27.0. The van der Waals surface area contributed by atoms with Gasteiger partial charge in [0.2, 0.25) is 11.8 Å². The topological polar surface area (TPSA) is 75.4 Å². The molecule has 1 fully saturated rings. The van der Waals surface area contributed by atoms with Gasteiger partial charge in [-0.05, 0) is 18.9 Å². The number of hydrogen-bond donors (Lipinski definition) is 2. The monoisotopic (exact) mass is 361 g/mol. The highest BCUT2D eigenvalue weighted by Crippen LogP contribution is 2.23. The fraction of sp³-hybridized carbons (Fsp3) is 0.500. The number of piperidine rings is 1. The molecule has 0 spiro atoms. The summed E-state index contributed by atoms with van der Waals surface area (Å²) in [6.45, 7) is 2.40. The maximum Gasteiger partial charge on any atom is 0.224 e. The average Bonchev–Trinajstić information content (AvgIpc) is 2.46. The fourth-order valence-electron chi connectivity index (χ4n) is 2.72. The van der Waals surface area contributed by atoms with Gasteiger partial charge in [-0.1, -0.05) is 6.07 Å². The largest absolute Gasteiger partial charge is 0.349 e. The van der Waals surface area contributed by atoms with Crippen LogP contribution in [0.5, 0.6) is 0 Å². The summed E-state index contributed by atoms with van der Waals surface area (Å²) in [5.41, 5.74) is 5.91. The Hall–Kier alpha value is -1.73. The summed E-state index contributed by atoms with van der Waals surface area (Å²) in [6, 6.07) is 2.38. The third-order valence-corrected chi connectivity index (χ3v) is 3.99. The van der Waals surface area contributed by atoms with E-state index in [4.69, 9.17) is 5.73 Å². The summed E-state index contributed by atoms with van der Waals surface area (Å²) in [5.74, 6) is -2.05. The smallest absolute Gasteiger partial charge is 0.224 e. The molecule has 2 rings (SSSR count). The van der Waals surface area contributed by atoms with Gasteiger partial charge >= 0.3 is 0 Å². The zero-order chi connectivity index (χ0) is 17.0. The maximum atomic E-state index is 14.0. The second-order valence-corrected chi connectivity index (χ2v) is 5.84. The first-order valence-corrected chi connectivity index (χ1v) is 7.62. The van der Waals surface area contributed by atoms with Crippen molar-refractivity contribution in [1.29, 1.82) is 0 Å². The van der Waals surface area contributed by atoms with Crippen molar-refractivity contribution < 1.29 is 18.4 Å². The highest BCUT2D eigenvalue weighted by Gasteiger charge is 2.26. The van der Waals surface area contributed by atoms with Crippen molar-refractivity contribution in [2.24, 2.45) is 5.73 Å². The van der Waals surface area contributed by atoms with Gasteiger partial charge in [0.1, 0.15) is 11.6 Å². The molecule has 1 aliphatic heterocycles. The van der Waals surface area contributed by atoms with E-state index in [1.54, 1.807) is 4.90 Å². The van der Waals surface area contributed by atoms with E-state index < -0.39 is 17.7 Å². The molecule has 134 valence electrons. The molecular formula is C16H22ClF2N3O2. The fourth-order valence-corrected chi connectivity index (χ4v) is 2.72. The highest BCUT2D eigenvalue weighted by atomic mass is 35.5. The van der Waals surface area contributed by atoms with E-state index in [0.29, 0.717) is 13.1 Å². The number of carbonyl (C=O) groups excluding carboxylic acids is 2. The van der Waals surface area contributed by atoms with Crippen LogP contribution in [0.4, 0.5) is 8.78 Å². The van der Waals surface area contributed by atoms with Gasteiger partial charge in [-0.3, -0.25) is 9.59 Å². The van der Waals surface area contributed by atoms with Crippen LogP contribution in [-0.2, 0) is 9.59 Å². The van der Waals surface area contributed by atoms with Crippen molar-refractivity contribution in [2.75, 3.05) is 13.1 Å². The molecule has 0 bridgehead atoms. The van der Waals surface area contributed by atoms with E-state index >= 15 is 0 Å². The number of benzene rings is 1. The zero-order valence-corrected chi connectivity index (χ0v) is 14.2. The van der Waals surface area contributed by atoms with Crippen LogP contribution < -0.4 is 11.1 Å². The summed E-state index contributed by atoms with van der Waals surface area (Å²) >= 11 is 0. The van der Waals surface area contributed by atoms with Crippen LogP contribution in [0, 0.1) is 11.6 Å². The van der Waals surface area contributed by atoms with Crippen LogP contribution in [0.25, 0.3) is 0 Å². The van der Waals surface area contributed by atoms with Crippen LogP contribution in [0.2, 0.25) is 0 Å². The Morgan fingerprint density at radius 3 is 2.50 bits per heavy atom. The molecule has 0 aliphatic carbocycles. The number of carbonyl (C=O) groups is 2. The van der Waals surface area contributed by atoms with Crippen molar-refractivity contribution in [3.05, 3.63) is 35.4 Å². The van der Waals surface area contributed by atoms with Crippen LogP contribution in [-0.4, -0.2) is 35.8 Å². The molecule has 1 aromatic carbocycles. The van der Waals surface area contributed by atoms with Crippen LogP contribution in [0.15, 0.2) is 18.2 Å². The van der Waals surface area contributed by atoms with Gasteiger partial charge in [-0.15, -0.1) is 12.4 Å². The first-order chi connectivity index (χ1) is 10.9. The minimum Gasteiger partial charge on any atom is -0.349 e. The number of halogens is 3. The van der Waals surface area contributed by atoms with Gasteiger partial charge in [0, 0.05) is 37.7 Å². The average molecular weight is 362 g/mol. The lowest BCUT2D eigenvalue weighted by molar-refractivity contribution is -0.133. The Kier molecular flexibility index (Phi) is 7.57. The third kappa shape index (κ3) is 5.42. The third-order valence-electron chi connectivity index (χ3n) is 3.99. The number of amides is 2. The van der Waals surface area contributed by atoms with Gasteiger partial charge in [-0.25, -0.2) is 8.78 Å². The predicted molar refractivity (Wildman–Crippen MR) is 88.6 cm³/mol. The van der Waals surface area contributed by atoms with E-state index in [2.05, 4.69) is 5.32 Å². The van der Waals surface area contributed by atoms with Crippen molar-refractivity contribution >= 4 is 24.2 Å². The summed E-state index contributed by atoms with van der Waals surface area (Å²) in [4.78, 5) is 25.4. The summed E-state index contributed by atoms with van der Waals surface area (Å²) in [5, 5.41) is 2.56.